The minimum Gasteiger partial charge on any atom is -0.462 e. The molecule has 0 aliphatic heterocycles. The molecule has 0 rings (SSSR count). The first kappa shape index (κ1) is 95.7. The van der Waals surface area contributed by atoms with Crippen LogP contribution in [0.3, 0.4) is 0 Å². The maximum absolute atomic E-state index is 13.1. The van der Waals surface area contributed by atoms with Gasteiger partial charge >= 0.3 is 39.5 Å². The summed E-state index contributed by atoms with van der Waals surface area (Å²) >= 11 is 0. The molecule has 0 radical (unpaired) electrons. The number of phosphoric acid groups is 2. The van der Waals surface area contributed by atoms with Gasteiger partial charge in [0.2, 0.25) is 0 Å². The van der Waals surface area contributed by atoms with Gasteiger partial charge in [-0.2, -0.15) is 0 Å². The van der Waals surface area contributed by atoms with Crippen molar-refractivity contribution < 1.29 is 80.2 Å². The maximum atomic E-state index is 13.1. The molecule has 0 amide bonds. The molecule has 100 heavy (non-hydrogen) atoms. The highest BCUT2D eigenvalue weighted by molar-refractivity contribution is 7.47. The number of allylic oxidation sites excluding steroid dienone is 18. The first-order chi connectivity index (χ1) is 48.7. The molecule has 3 N–H and O–H groups in total. The Morgan fingerprint density at radius 3 is 0.910 bits per heavy atom. The number of aliphatic hydroxyl groups excluding tert-OH is 1. The van der Waals surface area contributed by atoms with E-state index in [2.05, 4.69) is 119 Å². The van der Waals surface area contributed by atoms with Gasteiger partial charge in [0.05, 0.1) is 26.4 Å². The molecule has 19 heteroatoms. The fraction of sp³-hybridized carbons (Fsp3) is 0.728. The third-order valence-corrected chi connectivity index (χ3v) is 18.1. The molecule has 0 aromatic rings. The van der Waals surface area contributed by atoms with E-state index >= 15 is 0 Å². The van der Waals surface area contributed by atoms with E-state index in [-0.39, 0.29) is 25.7 Å². The maximum Gasteiger partial charge on any atom is 0.472 e. The van der Waals surface area contributed by atoms with Crippen LogP contribution in [0, 0.1) is 0 Å². The number of hydrogen-bond acceptors (Lipinski definition) is 15. The number of carbonyl (C=O) groups is 4. The zero-order valence-electron chi connectivity index (χ0n) is 62.8. The lowest BCUT2D eigenvalue weighted by molar-refractivity contribution is -0.161. The van der Waals surface area contributed by atoms with Gasteiger partial charge in [0.25, 0.3) is 0 Å². The van der Waals surface area contributed by atoms with E-state index < -0.39 is 97.5 Å². The van der Waals surface area contributed by atoms with Crippen molar-refractivity contribution in [3.63, 3.8) is 0 Å². The number of aliphatic hydroxyl groups is 1. The van der Waals surface area contributed by atoms with E-state index in [0.717, 1.165) is 148 Å². The Hall–Kier alpha value is -4.28. The predicted molar refractivity (Wildman–Crippen MR) is 408 cm³/mol. The summed E-state index contributed by atoms with van der Waals surface area (Å²) in [6.07, 6.45) is 78.0. The number of rotatable bonds is 73. The smallest absolute Gasteiger partial charge is 0.462 e. The molecular weight excluding hydrogens is 1310 g/mol. The number of phosphoric ester groups is 2. The fourth-order valence-corrected chi connectivity index (χ4v) is 11.9. The number of esters is 4. The van der Waals surface area contributed by atoms with Crippen LogP contribution in [0.1, 0.15) is 323 Å². The molecule has 0 spiro atoms. The summed E-state index contributed by atoms with van der Waals surface area (Å²) in [6, 6.07) is 0. The molecular formula is C81H140O17P2. The normalized spacial score (nSPS) is 14.5. The zero-order valence-corrected chi connectivity index (χ0v) is 64.6. The summed E-state index contributed by atoms with van der Waals surface area (Å²) in [4.78, 5) is 72.9. The van der Waals surface area contributed by atoms with Gasteiger partial charge in [-0.3, -0.25) is 37.3 Å². The topological polar surface area (TPSA) is 237 Å². The Balaban J connectivity index is 5.40. The molecule has 0 aliphatic rings. The molecule has 5 unspecified atom stereocenters. The van der Waals surface area contributed by atoms with Gasteiger partial charge < -0.3 is 33.8 Å². The first-order valence-electron chi connectivity index (χ1n) is 39.1. The van der Waals surface area contributed by atoms with Crippen LogP contribution in [-0.4, -0.2) is 96.7 Å². The van der Waals surface area contributed by atoms with Crippen molar-refractivity contribution in [2.24, 2.45) is 0 Å². The van der Waals surface area contributed by atoms with Crippen LogP contribution < -0.4 is 0 Å². The second kappa shape index (κ2) is 73.0. The second-order valence-electron chi connectivity index (χ2n) is 25.9. The highest BCUT2D eigenvalue weighted by Crippen LogP contribution is 2.45. The largest absolute Gasteiger partial charge is 0.472 e. The predicted octanol–water partition coefficient (Wildman–Crippen LogP) is 22.6. The summed E-state index contributed by atoms with van der Waals surface area (Å²) < 4.78 is 68.4. The number of ether oxygens (including phenoxy) is 4. The van der Waals surface area contributed by atoms with Crippen LogP contribution in [0.5, 0.6) is 0 Å². The van der Waals surface area contributed by atoms with Crippen LogP contribution >= 0.6 is 15.6 Å². The Kier molecular flexibility index (Phi) is 69.9. The summed E-state index contributed by atoms with van der Waals surface area (Å²) in [6.45, 7) is 4.60. The summed E-state index contributed by atoms with van der Waals surface area (Å²) in [5.41, 5.74) is 0. The van der Waals surface area contributed by atoms with Crippen LogP contribution in [0.4, 0.5) is 0 Å². The van der Waals surface area contributed by atoms with E-state index in [9.17, 15) is 43.2 Å². The molecule has 0 heterocycles. The zero-order chi connectivity index (χ0) is 73.2. The lowest BCUT2D eigenvalue weighted by Gasteiger charge is -2.21. The molecule has 5 atom stereocenters. The van der Waals surface area contributed by atoms with Crippen molar-refractivity contribution in [1.82, 2.24) is 0 Å². The van der Waals surface area contributed by atoms with Gasteiger partial charge in [-0.25, -0.2) is 9.13 Å². The number of hydrogen-bond donors (Lipinski definition) is 3. The van der Waals surface area contributed by atoms with Crippen molar-refractivity contribution in [3.8, 4) is 0 Å². The molecule has 0 aromatic heterocycles. The summed E-state index contributed by atoms with van der Waals surface area (Å²) in [5, 5.41) is 10.6. The summed E-state index contributed by atoms with van der Waals surface area (Å²) in [7, 11) is -9.97. The van der Waals surface area contributed by atoms with E-state index in [1.54, 1.807) is 0 Å². The molecule has 0 bridgehead atoms. The lowest BCUT2D eigenvalue weighted by Crippen LogP contribution is -2.30. The minimum absolute atomic E-state index is 0.0367. The highest BCUT2D eigenvalue weighted by atomic mass is 31.2. The molecule has 17 nitrogen and oxygen atoms in total. The third kappa shape index (κ3) is 72.1. The van der Waals surface area contributed by atoms with Crippen LogP contribution in [0.25, 0.3) is 0 Å². The second-order valence-corrected chi connectivity index (χ2v) is 28.8. The van der Waals surface area contributed by atoms with Gasteiger partial charge in [-0.05, 0) is 116 Å². The average molecular weight is 1450 g/mol. The van der Waals surface area contributed by atoms with Crippen molar-refractivity contribution in [2.45, 2.75) is 341 Å². The van der Waals surface area contributed by atoms with Crippen molar-refractivity contribution in [3.05, 3.63) is 109 Å². The van der Waals surface area contributed by atoms with Gasteiger partial charge in [0, 0.05) is 25.7 Å². The number of unbranched alkanes of at least 4 members (excludes halogenated alkanes) is 29. The van der Waals surface area contributed by atoms with Gasteiger partial charge in [-0.1, -0.05) is 291 Å². The lowest BCUT2D eigenvalue weighted by atomic mass is 10.0. The Labute approximate surface area is 607 Å². The van der Waals surface area contributed by atoms with Crippen LogP contribution in [0.2, 0.25) is 0 Å². The molecule has 0 aliphatic carbocycles. The molecule has 0 saturated carbocycles. The standard InChI is InChI=1S/C81H140O17P2/c1-5-9-13-17-21-25-29-33-35-36-37-38-40-44-46-50-54-58-62-66-79(84)92-72-77(98-81(86)68-64-60-56-52-48-42-32-28-24-20-16-12-8-4)74-96-100(89,90)94-70-75(82)69-93-99(87,88)95-73-76(97-80(85)67-63-59-55-51-47-41-31-27-23-19-15-11-7-3)71-91-78(83)65-61-57-53-49-45-43-39-34-30-26-22-18-14-10-6-2/h9,13,15,19,21,25,27,31,33-35,37-39,44,46,54,58,75-77,82H,5-8,10-12,14,16-18,20,22-24,26,28-30,32,36,40-43,45,47-53,55-57,59-74H2,1-4H3,(H,87,88)(H,89,90)/b13-9-,19-15-,25-21-,31-27-,35-33-,38-37-,39-34-,46-44-,58-54-. The summed E-state index contributed by atoms with van der Waals surface area (Å²) in [5.74, 6) is -2.28. The first-order valence-corrected chi connectivity index (χ1v) is 42.1. The average Bonchev–Trinajstić information content (AvgIpc) is 0.935. The van der Waals surface area contributed by atoms with Gasteiger partial charge in [0.1, 0.15) is 19.3 Å². The quantitative estimate of drug-likeness (QED) is 0.0169. The van der Waals surface area contributed by atoms with Crippen LogP contribution in [0.15, 0.2) is 109 Å². The Bertz CT molecular complexity index is 2320. The molecule has 576 valence electrons. The van der Waals surface area contributed by atoms with Crippen molar-refractivity contribution in [1.29, 1.82) is 0 Å². The Morgan fingerprint density at radius 2 is 0.560 bits per heavy atom. The number of carbonyl (C=O) groups excluding carboxylic acids is 4. The van der Waals surface area contributed by atoms with Gasteiger partial charge in [-0.15, -0.1) is 0 Å². The van der Waals surface area contributed by atoms with E-state index in [0.29, 0.717) is 32.1 Å². The third-order valence-electron chi connectivity index (χ3n) is 16.2. The van der Waals surface area contributed by atoms with E-state index in [1.165, 1.54) is 89.9 Å². The molecule has 0 aromatic carbocycles. The minimum atomic E-state index is -4.99. The fourth-order valence-electron chi connectivity index (χ4n) is 10.3. The van der Waals surface area contributed by atoms with Crippen molar-refractivity contribution >= 4 is 39.5 Å². The SMILES string of the molecule is CC/C=C\C/C=C\C/C=C\C/C=C\C/C=C\C/C=C\CCC(=O)OCC(COP(=O)(O)OCC(O)COP(=O)(O)OCC(COC(=O)CCCCCCC/C=C\CCCCCCCC)OC(=O)CCCCCCC/C=C\C/C=C\CCC)OC(=O)CCCCCCCCCCCCCCC. The van der Waals surface area contributed by atoms with E-state index in [4.69, 9.17) is 37.0 Å². The Morgan fingerprint density at radius 1 is 0.290 bits per heavy atom. The molecule has 0 fully saturated rings. The van der Waals surface area contributed by atoms with E-state index in [1.807, 2.05) is 18.2 Å². The van der Waals surface area contributed by atoms with Crippen LogP contribution in [-0.2, 0) is 65.4 Å². The van der Waals surface area contributed by atoms with Crippen molar-refractivity contribution in [2.75, 3.05) is 39.6 Å². The molecule has 0 saturated heterocycles. The van der Waals surface area contributed by atoms with Gasteiger partial charge in [0.15, 0.2) is 12.2 Å². The highest BCUT2D eigenvalue weighted by Gasteiger charge is 2.30. The monoisotopic (exact) mass is 1450 g/mol.